The van der Waals surface area contributed by atoms with Crippen LogP contribution in [0.1, 0.15) is 23.2 Å². The Hall–Kier alpha value is -2.02. The maximum Gasteiger partial charge on any atom is 0.270 e. The number of aromatic hydroxyl groups is 1. The Bertz CT molecular complexity index is 788. The predicted molar refractivity (Wildman–Crippen MR) is 90.1 cm³/mol. The third-order valence-electron chi connectivity index (χ3n) is 4.15. The van der Waals surface area contributed by atoms with Gasteiger partial charge in [-0.1, -0.05) is 0 Å². The minimum Gasteiger partial charge on any atom is -0.504 e. The maximum atomic E-state index is 12.7. The molecule has 6 nitrogen and oxygen atoms in total. The molecule has 1 saturated heterocycles. The van der Waals surface area contributed by atoms with E-state index >= 15 is 0 Å². The first kappa shape index (κ1) is 15.9. The van der Waals surface area contributed by atoms with Gasteiger partial charge in [-0.15, -0.1) is 0 Å². The van der Waals surface area contributed by atoms with E-state index in [2.05, 4.69) is 11.2 Å². The second-order valence-electron chi connectivity index (χ2n) is 5.78. The summed E-state index contributed by atoms with van der Waals surface area (Å²) in [5, 5.41) is 9.75. The molecular weight excluding hydrogens is 314 g/mol. The molecule has 7 heteroatoms. The molecule has 1 aliphatic heterocycles. The van der Waals surface area contributed by atoms with Gasteiger partial charge in [-0.3, -0.25) is 14.0 Å². The van der Waals surface area contributed by atoms with Crippen molar-refractivity contribution in [2.45, 2.75) is 12.8 Å². The number of likely N-dealkylation sites (tertiary alicyclic amines) is 1. The van der Waals surface area contributed by atoms with Crippen molar-refractivity contribution in [1.29, 1.82) is 0 Å². The van der Waals surface area contributed by atoms with E-state index in [4.69, 9.17) is 0 Å². The zero-order valence-electron chi connectivity index (χ0n) is 12.9. The molecule has 0 spiro atoms. The van der Waals surface area contributed by atoms with Crippen molar-refractivity contribution in [3.05, 3.63) is 40.4 Å². The van der Waals surface area contributed by atoms with Crippen LogP contribution in [-0.4, -0.2) is 50.4 Å². The highest BCUT2D eigenvalue weighted by atomic mass is 32.2. The number of hydrogen-bond donors (Lipinski definition) is 1. The largest absolute Gasteiger partial charge is 0.504 e. The maximum absolute atomic E-state index is 12.7. The predicted octanol–water partition coefficient (Wildman–Crippen LogP) is 1.62. The average molecular weight is 333 g/mol. The highest BCUT2D eigenvalue weighted by molar-refractivity contribution is 7.98. The van der Waals surface area contributed by atoms with Gasteiger partial charge in [0.05, 0.1) is 0 Å². The SMILES string of the molecule is CSC[C@H]1CCCN(C(=O)c2cnc3c(O)cccn3c2=O)C1. The molecule has 1 atom stereocenters. The first-order valence-corrected chi connectivity index (χ1v) is 8.98. The summed E-state index contributed by atoms with van der Waals surface area (Å²) in [6.45, 7) is 1.35. The van der Waals surface area contributed by atoms with Crippen LogP contribution in [0.5, 0.6) is 5.75 Å². The number of piperidine rings is 1. The molecule has 0 radical (unpaired) electrons. The summed E-state index contributed by atoms with van der Waals surface area (Å²) in [7, 11) is 0. The van der Waals surface area contributed by atoms with E-state index in [1.807, 2.05) is 0 Å². The fourth-order valence-electron chi connectivity index (χ4n) is 3.03. The molecule has 0 aromatic carbocycles. The van der Waals surface area contributed by atoms with Gasteiger partial charge in [-0.2, -0.15) is 11.8 Å². The number of carbonyl (C=O) groups is 1. The van der Waals surface area contributed by atoms with Crippen LogP contribution in [0, 0.1) is 5.92 Å². The lowest BCUT2D eigenvalue weighted by atomic mass is 9.99. The first-order valence-electron chi connectivity index (χ1n) is 7.59. The minimum atomic E-state index is -0.442. The van der Waals surface area contributed by atoms with Crippen LogP contribution < -0.4 is 5.56 Å². The Labute approximate surface area is 138 Å². The van der Waals surface area contributed by atoms with Crippen LogP contribution in [0.4, 0.5) is 0 Å². The third-order valence-corrected chi connectivity index (χ3v) is 4.96. The number of thioether (sulfide) groups is 1. The van der Waals surface area contributed by atoms with E-state index in [1.54, 1.807) is 22.7 Å². The molecule has 2 aromatic heterocycles. The van der Waals surface area contributed by atoms with E-state index in [1.165, 1.54) is 22.9 Å². The van der Waals surface area contributed by atoms with E-state index in [0.717, 1.165) is 18.6 Å². The van der Waals surface area contributed by atoms with E-state index in [-0.39, 0.29) is 22.9 Å². The van der Waals surface area contributed by atoms with E-state index < -0.39 is 5.56 Å². The lowest BCUT2D eigenvalue weighted by molar-refractivity contribution is 0.0683. The normalized spacial score (nSPS) is 18.3. The summed E-state index contributed by atoms with van der Waals surface area (Å²) < 4.78 is 1.21. The third kappa shape index (κ3) is 3.06. The van der Waals surface area contributed by atoms with Gasteiger partial charge in [0.25, 0.3) is 11.5 Å². The van der Waals surface area contributed by atoms with Gasteiger partial charge in [0, 0.05) is 25.5 Å². The molecule has 0 bridgehead atoms. The minimum absolute atomic E-state index is 0.0536. The number of fused-ring (bicyclic) bond motifs is 1. The molecule has 0 saturated carbocycles. The lowest BCUT2D eigenvalue weighted by Crippen LogP contribution is -2.42. The Morgan fingerprint density at radius 2 is 2.35 bits per heavy atom. The molecule has 1 aliphatic rings. The molecule has 2 aromatic rings. The van der Waals surface area contributed by atoms with Crippen molar-refractivity contribution >= 4 is 23.3 Å². The number of aromatic nitrogens is 2. The molecule has 1 amide bonds. The van der Waals surface area contributed by atoms with Crippen LogP contribution in [0.15, 0.2) is 29.3 Å². The van der Waals surface area contributed by atoms with Gasteiger partial charge in [0.1, 0.15) is 5.56 Å². The number of amides is 1. The highest BCUT2D eigenvalue weighted by Gasteiger charge is 2.26. The summed E-state index contributed by atoms with van der Waals surface area (Å²) in [4.78, 5) is 31.1. The van der Waals surface area contributed by atoms with Crippen molar-refractivity contribution < 1.29 is 9.90 Å². The molecule has 0 aliphatic carbocycles. The van der Waals surface area contributed by atoms with Crippen molar-refractivity contribution in [3.8, 4) is 5.75 Å². The highest BCUT2D eigenvalue weighted by Crippen LogP contribution is 2.21. The zero-order chi connectivity index (χ0) is 16.4. The Kier molecular flexibility index (Phi) is 4.56. The van der Waals surface area contributed by atoms with Crippen LogP contribution in [0.2, 0.25) is 0 Å². The summed E-state index contributed by atoms with van der Waals surface area (Å²) >= 11 is 1.78. The first-order chi connectivity index (χ1) is 11.1. The van der Waals surface area contributed by atoms with E-state index in [0.29, 0.717) is 19.0 Å². The van der Waals surface area contributed by atoms with Crippen LogP contribution in [0.3, 0.4) is 0 Å². The fourth-order valence-corrected chi connectivity index (χ4v) is 3.77. The molecule has 1 fully saturated rings. The van der Waals surface area contributed by atoms with Gasteiger partial charge < -0.3 is 10.0 Å². The monoisotopic (exact) mass is 333 g/mol. The number of carbonyl (C=O) groups excluding carboxylic acids is 1. The average Bonchev–Trinajstić information content (AvgIpc) is 2.56. The van der Waals surface area contributed by atoms with Gasteiger partial charge in [0.15, 0.2) is 11.4 Å². The van der Waals surface area contributed by atoms with Gasteiger partial charge in [0.2, 0.25) is 0 Å². The van der Waals surface area contributed by atoms with Gasteiger partial charge >= 0.3 is 0 Å². The van der Waals surface area contributed by atoms with Crippen molar-refractivity contribution in [1.82, 2.24) is 14.3 Å². The molecule has 122 valence electrons. The second-order valence-corrected chi connectivity index (χ2v) is 6.69. The Morgan fingerprint density at radius 1 is 1.52 bits per heavy atom. The molecule has 23 heavy (non-hydrogen) atoms. The van der Waals surface area contributed by atoms with Crippen molar-refractivity contribution in [2.75, 3.05) is 25.1 Å². The zero-order valence-corrected chi connectivity index (χ0v) is 13.8. The quantitative estimate of drug-likeness (QED) is 0.924. The van der Waals surface area contributed by atoms with Crippen LogP contribution in [0.25, 0.3) is 5.65 Å². The smallest absolute Gasteiger partial charge is 0.270 e. The summed E-state index contributed by atoms with van der Waals surface area (Å²) in [6.07, 6.45) is 6.92. The van der Waals surface area contributed by atoms with Crippen LogP contribution in [-0.2, 0) is 0 Å². The Morgan fingerprint density at radius 3 is 3.13 bits per heavy atom. The summed E-state index contributed by atoms with van der Waals surface area (Å²) in [6, 6.07) is 3.01. The van der Waals surface area contributed by atoms with Crippen molar-refractivity contribution in [3.63, 3.8) is 0 Å². The molecule has 1 N–H and O–H groups in total. The van der Waals surface area contributed by atoms with Gasteiger partial charge in [-0.25, -0.2) is 4.98 Å². The Balaban J connectivity index is 1.92. The molecule has 3 heterocycles. The van der Waals surface area contributed by atoms with Gasteiger partial charge in [-0.05, 0) is 42.9 Å². The standard InChI is InChI=1S/C16H19N3O3S/c1-23-10-11-4-2-6-18(9-11)15(21)12-8-17-14-13(20)5-3-7-19(14)16(12)22/h3,5,7-8,11,20H,2,4,6,9-10H2,1H3/t11-/m0/s1. The molecule has 0 unspecified atom stereocenters. The number of pyridine rings is 1. The lowest BCUT2D eigenvalue weighted by Gasteiger charge is -2.32. The number of nitrogens with zero attached hydrogens (tertiary/aromatic N) is 3. The second kappa shape index (κ2) is 6.62. The summed E-state index contributed by atoms with van der Waals surface area (Å²) in [5.74, 6) is 1.14. The molecular formula is C16H19N3O3S. The topological polar surface area (TPSA) is 74.9 Å². The fraction of sp³-hybridized carbons (Fsp3) is 0.438. The van der Waals surface area contributed by atoms with E-state index in [9.17, 15) is 14.7 Å². The van der Waals surface area contributed by atoms with Crippen LogP contribution >= 0.6 is 11.8 Å². The van der Waals surface area contributed by atoms with Crippen molar-refractivity contribution in [2.24, 2.45) is 5.92 Å². The number of rotatable bonds is 3. The summed E-state index contributed by atoms with van der Waals surface area (Å²) in [5.41, 5.74) is -0.228. The number of hydrogen-bond acceptors (Lipinski definition) is 5. The molecule has 3 rings (SSSR count).